The fraction of sp³-hybridized carbons (Fsp3) is 0.105. The van der Waals surface area contributed by atoms with Crippen molar-refractivity contribution in [3.05, 3.63) is 75.8 Å². The molecule has 0 fully saturated rings. The van der Waals surface area contributed by atoms with Crippen LogP contribution in [0.1, 0.15) is 18.1 Å². The van der Waals surface area contributed by atoms with Crippen molar-refractivity contribution in [2.24, 2.45) is 15.3 Å². The standard InChI is InChI=1S/C19H14Cl2N4/c1-12-11-25-18(23-22-12)10-16(13-6-8-14(20)9-7-13)19(24-25)15-4-2-3-5-17(15)21/h2-10H,11H2,1H3. The lowest BCUT2D eigenvalue weighted by atomic mass is 9.94. The van der Waals surface area contributed by atoms with Gasteiger partial charge in [-0.15, -0.1) is 5.10 Å². The largest absolute Gasteiger partial charge is 0.240 e. The smallest absolute Gasteiger partial charge is 0.172 e. The van der Waals surface area contributed by atoms with E-state index in [-0.39, 0.29) is 0 Å². The number of rotatable bonds is 2. The van der Waals surface area contributed by atoms with Gasteiger partial charge in [-0.05, 0) is 36.8 Å². The fourth-order valence-electron chi connectivity index (χ4n) is 2.78. The van der Waals surface area contributed by atoms with Gasteiger partial charge in [0.25, 0.3) is 0 Å². The van der Waals surface area contributed by atoms with Crippen molar-refractivity contribution in [1.82, 2.24) is 5.01 Å². The maximum atomic E-state index is 6.44. The topological polar surface area (TPSA) is 40.3 Å². The summed E-state index contributed by atoms with van der Waals surface area (Å²) in [6.45, 7) is 2.54. The molecule has 124 valence electrons. The van der Waals surface area contributed by atoms with Crippen molar-refractivity contribution in [3.63, 3.8) is 0 Å². The average Bonchev–Trinajstić information content (AvgIpc) is 2.62. The van der Waals surface area contributed by atoms with Crippen LogP contribution in [0.25, 0.3) is 5.57 Å². The Bertz CT molecular complexity index is 956. The number of fused-ring (bicyclic) bond motifs is 1. The van der Waals surface area contributed by atoms with E-state index in [1.54, 1.807) is 0 Å². The highest BCUT2D eigenvalue weighted by Gasteiger charge is 2.26. The number of amidine groups is 1. The van der Waals surface area contributed by atoms with E-state index in [0.29, 0.717) is 22.4 Å². The first-order valence-corrected chi connectivity index (χ1v) is 8.57. The van der Waals surface area contributed by atoms with E-state index < -0.39 is 0 Å². The van der Waals surface area contributed by atoms with Gasteiger partial charge in [0, 0.05) is 16.2 Å². The van der Waals surface area contributed by atoms with Gasteiger partial charge in [-0.3, -0.25) is 0 Å². The average molecular weight is 369 g/mol. The number of benzene rings is 2. The van der Waals surface area contributed by atoms with Crippen LogP contribution >= 0.6 is 23.2 Å². The lowest BCUT2D eigenvalue weighted by Gasteiger charge is -2.28. The third kappa shape index (κ3) is 3.11. The number of halogens is 2. The van der Waals surface area contributed by atoms with Crippen LogP contribution in [0.2, 0.25) is 10.0 Å². The van der Waals surface area contributed by atoms with E-state index in [1.165, 1.54) is 0 Å². The molecule has 0 aliphatic carbocycles. The quantitative estimate of drug-likeness (QED) is 0.743. The summed E-state index contributed by atoms with van der Waals surface area (Å²) in [5, 5.41) is 16.4. The molecule has 0 radical (unpaired) electrons. The molecule has 2 aromatic carbocycles. The second-order valence-electron chi connectivity index (χ2n) is 5.84. The Hall–Kier alpha value is -2.43. The molecule has 0 unspecified atom stereocenters. The maximum Gasteiger partial charge on any atom is 0.172 e. The zero-order valence-electron chi connectivity index (χ0n) is 13.4. The number of hydrazone groups is 1. The summed E-state index contributed by atoms with van der Waals surface area (Å²) in [6, 6.07) is 15.4. The monoisotopic (exact) mass is 368 g/mol. The molecule has 0 atom stereocenters. The van der Waals surface area contributed by atoms with Crippen LogP contribution in [0.5, 0.6) is 0 Å². The van der Waals surface area contributed by atoms with E-state index >= 15 is 0 Å². The SMILES string of the molecule is CC1=NN=C2C=C(c3ccc(Cl)cc3)C(c3ccccc3Cl)=NN2C1. The van der Waals surface area contributed by atoms with Gasteiger partial charge < -0.3 is 0 Å². The summed E-state index contributed by atoms with van der Waals surface area (Å²) in [7, 11) is 0. The molecular formula is C19H14Cl2N4. The Labute approximate surface area is 155 Å². The van der Waals surface area contributed by atoms with Crippen LogP contribution in [0.4, 0.5) is 0 Å². The molecule has 0 amide bonds. The van der Waals surface area contributed by atoms with Crippen molar-refractivity contribution in [1.29, 1.82) is 0 Å². The van der Waals surface area contributed by atoms with Gasteiger partial charge in [-0.1, -0.05) is 53.5 Å². The Balaban J connectivity index is 1.89. The Morgan fingerprint density at radius 2 is 1.72 bits per heavy atom. The van der Waals surface area contributed by atoms with Gasteiger partial charge in [0.2, 0.25) is 0 Å². The Morgan fingerprint density at radius 3 is 2.48 bits per heavy atom. The minimum Gasteiger partial charge on any atom is -0.240 e. The lowest BCUT2D eigenvalue weighted by molar-refractivity contribution is 0.498. The molecular weight excluding hydrogens is 355 g/mol. The van der Waals surface area contributed by atoms with Crippen LogP contribution in [-0.4, -0.2) is 28.8 Å². The van der Waals surface area contributed by atoms with Gasteiger partial charge in [0.1, 0.15) is 5.71 Å². The first-order valence-electron chi connectivity index (χ1n) is 7.82. The first-order chi connectivity index (χ1) is 12.1. The van der Waals surface area contributed by atoms with Gasteiger partial charge in [-0.2, -0.15) is 10.2 Å². The highest BCUT2D eigenvalue weighted by molar-refractivity contribution is 6.42. The van der Waals surface area contributed by atoms with Crippen molar-refractivity contribution in [2.75, 3.05) is 6.54 Å². The van der Waals surface area contributed by atoms with E-state index in [0.717, 1.165) is 28.1 Å². The molecule has 4 nitrogen and oxygen atoms in total. The second kappa shape index (κ2) is 6.47. The third-order valence-electron chi connectivity index (χ3n) is 4.00. The molecule has 2 aliphatic rings. The van der Waals surface area contributed by atoms with E-state index in [9.17, 15) is 0 Å². The highest BCUT2D eigenvalue weighted by Crippen LogP contribution is 2.30. The van der Waals surface area contributed by atoms with Gasteiger partial charge in [-0.25, -0.2) is 5.01 Å². The number of hydrogen-bond donors (Lipinski definition) is 0. The van der Waals surface area contributed by atoms with E-state index in [4.69, 9.17) is 28.3 Å². The summed E-state index contributed by atoms with van der Waals surface area (Å²) >= 11 is 12.5. The minimum absolute atomic E-state index is 0.608. The maximum absolute atomic E-state index is 6.44. The Kier molecular flexibility index (Phi) is 4.15. The van der Waals surface area contributed by atoms with Gasteiger partial charge >= 0.3 is 0 Å². The second-order valence-corrected chi connectivity index (χ2v) is 6.69. The van der Waals surface area contributed by atoms with Crippen LogP contribution < -0.4 is 0 Å². The number of nitrogens with zero attached hydrogens (tertiary/aromatic N) is 4. The summed E-state index contributed by atoms with van der Waals surface area (Å²) in [4.78, 5) is 0. The van der Waals surface area contributed by atoms with Crippen molar-refractivity contribution in [2.45, 2.75) is 6.92 Å². The van der Waals surface area contributed by atoms with Gasteiger partial charge in [0.05, 0.1) is 17.3 Å². The molecule has 2 aliphatic heterocycles. The van der Waals surface area contributed by atoms with Crippen LogP contribution in [0, 0.1) is 0 Å². The van der Waals surface area contributed by atoms with Gasteiger partial charge in [0.15, 0.2) is 5.84 Å². The molecule has 0 N–H and O–H groups in total. The zero-order chi connectivity index (χ0) is 17.4. The Morgan fingerprint density at radius 1 is 0.960 bits per heavy atom. The molecule has 4 rings (SSSR count). The number of hydrogen-bond acceptors (Lipinski definition) is 4. The molecule has 0 saturated carbocycles. The fourth-order valence-corrected chi connectivity index (χ4v) is 3.13. The lowest BCUT2D eigenvalue weighted by Crippen LogP contribution is -2.36. The summed E-state index contributed by atoms with van der Waals surface area (Å²) in [5.74, 6) is 0.714. The molecule has 0 saturated heterocycles. The predicted molar refractivity (Wildman–Crippen MR) is 105 cm³/mol. The molecule has 6 heteroatoms. The molecule has 0 spiro atoms. The van der Waals surface area contributed by atoms with Crippen LogP contribution in [0.15, 0.2) is 69.9 Å². The molecule has 2 heterocycles. The van der Waals surface area contributed by atoms with Crippen LogP contribution in [0.3, 0.4) is 0 Å². The molecule has 25 heavy (non-hydrogen) atoms. The third-order valence-corrected chi connectivity index (χ3v) is 4.58. The summed E-state index contributed by atoms with van der Waals surface area (Å²) in [6.07, 6.45) is 1.99. The van der Waals surface area contributed by atoms with Crippen molar-refractivity contribution >= 4 is 46.0 Å². The zero-order valence-corrected chi connectivity index (χ0v) is 15.0. The van der Waals surface area contributed by atoms with E-state index in [1.807, 2.05) is 66.5 Å². The van der Waals surface area contributed by atoms with Crippen molar-refractivity contribution in [3.8, 4) is 0 Å². The number of allylic oxidation sites excluding steroid dienone is 1. The van der Waals surface area contributed by atoms with Crippen molar-refractivity contribution < 1.29 is 0 Å². The summed E-state index contributed by atoms with van der Waals surface area (Å²) < 4.78 is 0. The normalized spacial score (nSPS) is 16.5. The summed E-state index contributed by atoms with van der Waals surface area (Å²) in [5.41, 5.74) is 4.53. The first kappa shape index (κ1) is 16.1. The minimum atomic E-state index is 0.608. The van der Waals surface area contributed by atoms with Crippen LogP contribution in [-0.2, 0) is 0 Å². The highest BCUT2D eigenvalue weighted by atomic mass is 35.5. The molecule has 0 bridgehead atoms. The molecule has 0 aromatic heterocycles. The predicted octanol–water partition coefficient (Wildman–Crippen LogP) is 4.88. The van der Waals surface area contributed by atoms with E-state index in [2.05, 4.69) is 10.2 Å². The molecule has 2 aromatic rings.